The predicted molar refractivity (Wildman–Crippen MR) is 95.6 cm³/mol. The molecule has 1 amide bonds. The van der Waals surface area contributed by atoms with Crippen molar-refractivity contribution >= 4 is 23.2 Å². The summed E-state index contributed by atoms with van der Waals surface area (Å²) in [6.07, 6.45) is 0.349. The Morgan fingerprint density at radius 3 is 2.76 bits per heavy atom. The highest BCUT2D eigenvalue weighted by molar-refractivity contribution is 6.31. The Morgan fingerprint density at radius 2 is 2.00 bits per heavy atom. The first-order valence-corrected chi connectivity index (χ1v) is 8.45. The van der Waals surface area contributed by atoms with Crippen LogP contribution in [0.4, 0.5) is 5.69 Å². The van der Waals surface area contributed by atoms with Crippen LogP contribution in [0.3, 0.4) is 0 Å². The molecule has 5 nitrogen and oxygen atoms in total. The van der Waals surface area contributed by atoms with Crippen molar-refractivity contribution in [1.29, 1.82) is 0 Å². The standard InChI is InChI=1S/C19H16ClN3O2/c1-12-7-8-15(10-16(12)20)23-11-14(9-17(23)24)19-21-18(22-25-19)13-5-3-2-4-6-13/h2-8,10,14H,9,11H2,1H3/t14-/m1/s1. The zero-order valence-electron chi connectivity index (χ0n) is 13.6. The molecule has 3 aromatic rings. The molecule has 1 atom stereocenters. The molecule has 0 spiro atoms. The van der Waals surface area contributed by atoms with Gasteiger partial charge in [0.15, 0.2) is 0 Å². The number of anilines is 1. The summed E-state index contributed by atoms with van der Waals surface area (Å²) in [4.78, 5) is 18.6. The SMILES string of the molecule is Cc1ccc(N2C[C@H](c3nc(-c4ccccc4)no3)CC2=O)cc1Cl. The van der Waals surface area contributed by atoms with Crippen LogP contribution < -0.4 is 4.90 Å². The van der Waals surface area contributed by atoms with Crippen LogP contribution in [0.5, 0.6) is 0 Å². The zero-order valence-corrected chi connectivity index (χ0v) is 14.4. The van der Waals surface area contributed by atoms with Crippen molar-refractivity contribution in [2.45, 2.75) is 19.3 Å². The molecular weight excluding hydrogens is 338 g/mol. The molecule has 25 heavy (non-hydrogen) atoms. The summed E-state index contributed by atoms with van der Waals surface area (Å²) in [6.45, 7) is 2.44. The molecule has 126 valence electrons. The molecular formula is C19H16ClN3O2. The Labute approximate surface area is 150 Å². The largest absolute Gasteiger partial charge is 0.339 e. The van der Waals surface area contributed by atoms with E-state index in [2.05, 4.69) is 10.1 Å². The lowest BCUT2D eigenvalue weighted by atomic mass is 10.1. The number of hydrogen-bond donors (Lipinski definition) is 0. The summed E-state index contributed by atoms with van der Waals surface area (Å²) < 4.78 is 5.41. The highest BCUT2D eigenvalue weighted by Gasteiger charge is 2.35. The molecule has 2 aromatic carbocycles. The number of carbonyl (C=O) groups is 1. The van der Waals surface area contributed by atoms with Crippen LogP contribution in [0.15, 0.2) is 53.1 Å². The molecule has 1 fully saturated rings. The molecule has 1 aliphatic heterocycles. The van der Waals surface area contributed by atoms with E-state index in [0.29, 0.717) is 29.7 Å². The normalized spacial score (nSPS) is 17.3. The van der Waals surface area contributed by atoms with Crippen LogP contribution in [-0.2, 0) is 4.79 Å². The van der Waals surface area contributed by atoms with E-state index in [1.165, 1.54) is 0 Å². The summed E-state index contributed by atoms with van der Waals surface area (Å²) in [5.74, 6) is 0.953. The number of aromatic nitrogens is 2. The van der Waals surface area contributed by atoms with Gasteiger partial charge in [0, 0.05) is 29.2 Å². The molecule has 0 bridgehead atoms. The van der Waals surface area contributed by atoms with Crippen molar-refractivity contribution in [2.24, 2.45) is 0 Å². The van der Waals surface area contributed by atoms with Crippen LogP contribution in [0.1, 0.15) is 23.8 Å². The smallest absolute Gasteiger partial charge is 0.232 e. The number of halogens is 1. The maximum absolute atomic E-state index is 12.4. The molecule has 1 saturated heterocycles. The average molecular weight is 354 g/mol. The van der Waals surface area contributed by atoms with E-state index in [4.69, 9.17) is 16.1 Å². The lowest BCUT2D eigenvalue weighted by Crippen LogP contribution is -2.24. The Balaban J connectivity index is 1.56. The Morgan fingerprint density at radius 1 is 1.20 bits per heavy atom. The maximum atomic E-state index is 12.4. The highest BCUT2D eigenvalue weighted by Crippen LogP contribution is 2.33. The summed E-state index contributed by atoms with van der Waals surface area (Å²) >= 11 is 6.19. The van der Waals surface area contributed by atoms with Gasteiger partial charge in [-0.15, -0.1) is 0 Å². The molecule has 1 aromatic heterocycles. The van der Waals surface area contributed by atoms with E-state index in [0.717, 1.165) is 16.8 Å². The van der Waals surface area contributed by atoms with Crippen LogP contribution in [0, 0.1) is 6.92 Å². The molecule has 2 heterocycles. The van der Waals surface area contributed by atoms with Crippen molar-refractivity contribution in [3.8, 4) is 11.4 Å². The van der Waals surface area contributed by atoms with Gasteiger partial charge in [0.2, 0.25) is 17.6 Å². The molecule has 1 aliphatic rings. The van der Waals surface area contributed by atoms with E-state index >= 15 is 0 Å². The van der Waals surface area contributed by atoms with Gasteiger partial charge in [-0.3, -0.25) is 4.79 Å². The fourth-order valence-corrected chi connectivity index (χ4v) is 3.15. The molecule has 0 radical (unpaired) electrons. The van der Waals surface area contributed by atoms with Crippen LogP contribution in [0.2, 0.25) is 5.02 Å². The van der Waals surface area contributed by atoms with Crippen molar-refractivity contribution in [2.75, 3.05) is 11.4 Å². The van der Waals surface area contributed by atoms with E-state index in [-0.39, 0.29) is 11.8 Å². The molecule has 0 N–H and O–H groups in total. The fourth-order valence-electron chi connectivity index (χ4n) is 2.98. The van der Waals surface area contributed by atoms with Crippen LogP contribution in [0.25, 0.3) is 11.4 Å². The molecule has 0 saturated carbocycles. The third kappa shape index (κ3) is 3.03. The Hall–Kier alpha value is -2.66. The molecule has 0 unspecified atom stereocenters. The topological polar surface area (TPSA) is 59.2 Å². The second-order valence-corrected chi connectivity index (χ2v) is 6.57. The first kappa shape index (κ1) is 15.8. The number of nitrogens with zero attached hydrogens (tertiary/aromatic N) is 3. The molecule has 6 heteroatoms. The Bertz CT molecular complexity index is 923. The lowest BCUT2D eigenvalue weighted by molar-refractivity contribution is -0.117. The number of rotatable bonds is 3. The van der Waals surface area contributed by atoms with Gasteiger partial charge in [0.05, 0.1) is 5.92 Å². The van der Waals surface area contributed by atoms with Crippen LogP contribution >= 0.6 is 11.6 Å². The van der Waals surface area contributed by atoms with Gasteiger partial charge < -0.3 is 9.42 Å². The first-order chi connectivity index (χ1) is 12.1. The highest BCUT2D eigenvalue weighted by atomic mass is 35.5. The van der Waals surface area contributed by atoms with Gasteiger partial charge in [-0.25, -0.2) is 0 Å². The number of carbonyl (C=O) groups excluding carboxylic acids is 1. The number of aryl methyl sites for hydroxylation is 1. The van der Waals surface area contributed by atoms with Gasteiger partial charge >= 0.3 is 0 Å². The summed E-state index contributed by atoms with van der Waals surface area (Å²) in [5.41, 5.74) is 2.67. The minimum absolute atomic E-state index is 0.0318. The first-order valence-electron chi connectivity index (χ1n) is 8.07. The maximum Gasteiger partial charge on any atom is 0.232 e. The van der Waals surface area contributed by atoms with E-state index < -0.39 is 0 Å². The van der Waals surface area contributed by atoms with Gasteiger partial charge in [0.1, 0.15) is 0 Å². The summed E-state index contributed by atoms with van der Waals surface area (Å²) in [5, 5.41) is 4.69. The average Bonchev–Trinajstić information content (AvgIpc) is 3.25. The quantitative estimate of drug-likeness (QED) is 0.707. The van der Waals surface area contributed by atoms with E-state index in [9.17, 15) is 4.79 Å². The van der Waals surface area contributed by atoms with Crippen molar-refractivity contribution in [3.05, 3.63) is 65.0 Å². The third-order valence-electron chi connectivity index (χ3n) is 4.42. The summed E-state index contributed by atoms with van der Waals surface area (Å²) in [7, 11) is 0. The zero-order chi connectivity index (χ0) is 17.4. The Kier molecular flexibility index (Phi) is 4.01. The fraction of sp³-hybridized carbons (Fsp3) is 0.211. The second-order valence-electron chi connectivity index (χ2n) is 6.16. The van der Waals surface area contributed by atoms with Gasteiger partial charge in [0.25, 0.3) is 0 Å². The van der Waals surface area contributed by atoms with Gasteiger partial charge in [-0.2, -0.15) is 4.98 Å². The van der Waals surface area contributed by atoms with Gasteiger partial charge in [-0.05, 0) is 24.6 Å². The monoisotopic (exact) mass is 353 g/mol. The minimum Gasteiger partial charge on any atom is -0.339 e. The number of benzene rings is 2. The lowest BCUT2D eigenvalue weighted by Gasteiger charge is -2.17. The molecule has 0 aliphatic carbocycles. The van der Waals surface area contributed by atoms with Crippen molar-refractivity contribution < 1.29 is 9.32 Å². The third-order valence-corrected chi connectivity index (χ3v) is 4.82. The van der Waals surface area contributed by atoms with E-state index in [1.807, 2.05) is 55.5 Å². The minimum atomic E-state index is -0.113. The second kappa shape index (κ2) is 6.33. The van der Waals surface area contributed by atoms with Crippen molar-refractivity contribution in [3.63, 3.8) is 0 Å². The predicted octanol–water partition coefficient (Wildman–Crippen LogP) is 4.22. The van der Waals surface area contributed by atoms with Gasteiger partial charge in [-0.1, -0.05) is 53.2 Å². The number of amides is 1. The van der Waals surface area contributed by atoms with Crippen LogP contribution in [-0.4, -0.2) is 22.6 Å². The summed E-state index contributed by atoms with van der Waals surface area (Å²) in [6, 6.07) is 15.3. The number of hydrogen-bond acceptors (Lipinski definition) is 4. The van der Waals surface area contributed by atoms with Crippen molar-refractivity contribution in [1.82, 2.24) is 10.1 Å². The molecule has 4 rings (SSSR count). The van der Waals surface area contributed by atoms with E-state index in [1.54, 1.807) is 4.90 Å².